The summed E-state index contributed by atoms with van der Waals surface area (Å²) < 4.78 is 5.61. The summed E-state index contributed by atoms with van der Waals surface area (Å²) >= 11 is 0. The van der Waals surface area contributed by atoms with E-state index in [9.17, 15) is 0 Å². The summed E-state index contributed by atoms with van der Waals surface area (Å²) in [7, 11) is 1.80. The molecule has 0 radical (unpaired) electrons. The van der Waals surface area contributed by atoms with Gasteiger partial charge in [0, 0.05) is 13.0 Å². The molecule has 1 heteroatoms. The van der Waals surface area contributed by atoms with Crippen LogP contribution in [-0.4, -0.2) is 12.7 Å². The van der Waals surface area contributed by atoms with Crippen LogP contribution in [0.1, 0.15) is 40.5 Å². The SMILES string of the molecule is C=C(C)[C@@H]1CC=C(C)C(C(C)(C)OC)C1. The van der Waals surface area contributed by atoms with Gasteiger partial charge in [-0.05, 0) is 46.5 Å². The molecule has 15 heavy (non-hydrogen) atoms. The summed E-state index contributed by atoms with van der Waals surface area (Å²) in [6.07, 6.45) is 4.68. The van der Waals surface area contributed by atoms with Gasteiger partial charge in [0.15, 0.2) is 0 Å². The number of ether oxygens (including phenoxy) is 1. The minimum atomic E-state index is -0.0608. The van der Waals surface area contributed by atoms with Crippen molar-refractivity contribution in [1.29, 1.82) is 0 Å². The Hall–Kier alpha value is -0.560. The van der Waals surface area contributed by atoms with Gasteiger partial charge < -0.3 is 4.74 Å². The van der Waals surface area contributed by atoms with Crippen molar-refractivity contribution in [1.82, 2.24) is 0 Å². The van der Waals surface area contributed by atoms with Crippen LogP contribution in [-0.2, 0) is 4.74 Å². The van der Waals surface area contributed by atoms with Gasteiger partial charge in [-0.2, -0.15) is 0 Å². The van der Waals surface area contributed by atoms with Crippen LogP contribution in [0.3, 0.4) is 0 Å². The molecule has 0 saturated heterocycles. The molecule has 0 aliphatic heterocycles. The van der Waals surface area contributed by atoms with Gasteiger partial charge in [-0.1, -0.05) is 23.8 Å². The minimum absolute atomic E-state index is 0.0608. The largest absolute Gasteiger partial charge is 0.378 e. The van der Waals surface area contributed by atoms with Crippen LogP contribution in [0.2, 0.25) is 0 Å². The molecule has 1 aliphatic rings. The van der Waals surface area contributed by atoms with Gasteiger partial charge >= 0.3 is 0 Å². The van der Waals surface area contributed by atoms with Gasteiger partial charge in [-0.15, -0.1) is 0 Å². The third-order valence-electron chi connectivity index (χ3n) is 3.86. The maximum atomic E-state index is 5.61. The molecule has 1 unspecified atom stereocenters. The average Bonchev–Trinajstić information content (AvgIpc) is 2.17. The van der Waals surface area contributed by atoms with Gasteiger partial charge in [0.1, 0.15) is 0 Å². The maximum absolute atomic E-state index is 5.61. The van der Waals surface area contributed by atoms with Crippen molar-refractivity contribution in [3.8, 4) is 0 Å². The Labute approximate surface area is 94.2 Å². The summed E-state index contributed by atoms with van der Waals surface area (Å²) in [6, 6.07) is 0. The first-order valence-corrected chi connectivity index (χ1v) is 5.75. The second-order valence-corrected chi connectivity index (χ2v) is 5.32. The molecular formula is C14H24O. The summed E-state index contributed by atoms with van der Waals surface area (Å²) in [4.78, 5) is 0. The quantitative estimate of drug-likeness (QED) is 0.638. The van der Waals surface area contributed by atoms with E-state index in [1.807, 2.05) is 0 Å². The highest BCUT2D eigenvalue weighted by atomic mass is 16.5. The fourth-order valence-electron chi connectivity index (χ4n) is 2.41. The molecule has 0 aromatic heterocycles. The van der Waals surface area contributed by atoms with E-state index in [0.717, 1.165) is 6.42 Å². The topological polar surface area (TPSA) is 9.23 Å². The van der Waals surface area contributed by atoms with E-state index in [2.05, 4.69) is 40.3 Å². The first-order chi connectivity index (χ1) is 6.88. The smallest absolute Gasteiger partial charge is 0.0687 e. The summed E-state index contributed by atoms with van der Waals surface area (Å²) in [5.74, 6) is 1.16. The standard InChI is InChI=1S/C14H24O/c1-10(2)12-8-7-11(3)13(9-12)14(4,5)15-6/h7,12-13H,1,8-9H2,2-6H3/t12-,13?/m1/s1. The lowest BCUT2D eigenvalue weighted by Crippen LogP contribution is -2.37. The lowest BCUT2D eigenvalue weighted by atomic mass is 9.72. The molecule has 0 spiro atoms. The van der Waals surface area contributed by atoms with Gasteiger partial charge in [-0.3, -0.25) is 0 Å². The van der Waals surface area contributed by atoms with Gasteiger partial charge in [0.2, 0.25) is 0 Å². The Balaban J connectivity index is 2.85. The number of methoxy groups -OCH3 is 1. The highest BCUT2D eigenvalue weighted by Crippen LogP contribution is 2.39. The van der Waals surface area contributed by atoms with Crippen LogP contribution in [0.25, 0.3) is 0 Å². The molecule has 1 rings (SSSR count). The molecule has 1 nitrogen and oxygen atoms in total. The zero-order valence-corrected chi connectivity index (χ0v) is 10.8. The first-order valence-electron chi connectivity index (χ1n) is 5.75. The fourth-order valence-corrected chi connectivity index (χ4v) is 2.41. The molecule has 86 valence electrons. The number of hydrogen-bond acceptors (Lipinski definition) is 1. The molecule has 0 saturated carbocycles. The predicted molar refractivity (Wildman–Crippen MR) is 65.9 cm³/mol. The Morgan fingerprint density at radius 3 is 2.60 bits per heavy atom. The molecule has 2 atom stereocenters. The third kappa shape index (κ3) is 2.72. The Kier molecular flexibility index (Phi) is 3.77. The molecule has 0 heterocycles. The van der Waals surface area contributed by atoms with E-state index < -0.39 is 0 Å². The normalized spacial score (nSPS) is 27.4. The third-order valence-corrected chi connectivity index (χ3v) is 3.86. The van der Waals surface area contributed by atoms with Gasteiger partial charge in [-0.25, -0.2) is 0 Å². The monoisotopic (exact) mass is 208 g/mol. The van der Waals surface area contributed by atoms with Crippen LogP contribution in [0.15, 0.2) is 23.8 Å². The number of rotatable bonds is 3. The van der Waals surface area contributed by atoms with Crippen molar-refractivity contribution >= 4 is 0 Å². The van der Waals surface area contributed by atoms with Crippen LogP contribution in [0.5, 0.6) is 0 Å². The minimum Gasteiger partial charge on any atom is -0.378 e. The van der Waals surface area contributed by atoms with Crippen LogP contribution in [0, 0.1) is 11.8 Å². The van der Waals surface area contributed by atoms with Crippen molar-refractivity contribution in [3.63, 3.8) is 0 Å². The second-order valence-electron chi connectivity index (χ2n) is 5.32. The van der Waals surface area contributed by atoms with E-state index in [-0.39, 0.29) is 5.60 Å². The van der Waals surface area contributed by atoms with E-state index in [1.165, 1.54) is 17.6 Å². The van der Waals surface area contributed by atoms with Gasteiger partial charge in [0.05, 0.1) is 5.60 Å². The molecular weight excluding hydrogens is 184 g/mol. The Morgan fingerprint density at radius 1 is 1.53 bits per heavy atom. The van der Waals surface area contributed by atoms with E-state index in [1.54, 1.807) is 7.11 Å². The number of hydrogen-bond donors (Lipinski definition) is 0. The van der Waals surface area contributed by atoms with Crippen LogP contribution < -0.4 is 0 Å². The van der Waals surface area contributed by atoms with Crippen molar-refractivity contribution in [2.45, 2.75) is 46.1 Å². The molecule has 0 aromatic carbocycles. The molecule has 0 amide bonds. The second kappa shape index (κ2) is 4.52. The molecule has 0 fully saturated rings. The van der Waals surface area contributed by atoms with Crippen molar-refractivity contribution in [2.75, 3.05) is 7.11 Å². The molecule has 0 aromatic rings. The Morgan fingerprint density at radius 2 is 2.13 bits per heavy atom. The van der Waals surface area contributed by atoms with E-state index >= 15 is 0 Å². The van der Waals surface area contributed by atoms with Gasteiger partial charge in [0.25, 0.3) is 0 Å². The van der Waals surface area contributed by atoms with Crippen LogP contribution >= 0.6 is 0 Å². The average molecular weight is 208 g/mol. The van der Waals surface area contributed by atoms with Crippen LogP contribution in [0.4, 0.5) is 0 Å². The summed E-state index contributed by atoms with van der Waals surface area (Å²) in [5.41, 5.74) is 2.71. The van der Waals surface area contributed by atoms with E-state index in [0.29, 0.717) is 11.8 Å². The number of allylic oxidation sites excluding steroid dienone is 2. The highest BCUT2D eigenvalue weighted by Gasteiger charge is 2.34. The fraction of sp³-hybridized carbons (Fsp3) is 0.714. The van der Waals surface area contributed by atoms with Crippen molar-refractivity contribution < 1.29 is 4.74 Å². The lowest BCUT2D eigenvalue weighted by Gasteiger charge is -2.39. The van der Waals surface area contributed by atoms with Crippen molar-refractivity contribution in [3.05, 3.63) is 23.8 Å². The van der Waals surface area contributed by atoms with Crippen molar-refractivity contribution in [2.24, 2.45) is 11.8 Å². The zero-order chi connectivity index (χ0) is 11.6. The molecule has 1 aliphatic carbocycles. The zero-order valence-electron chi connectivity index (χ0n) is 10.8. The highest BCUT2D eigenvalue weighted by molar-refractivity contribution is 5.17. The predicted octanol–water partition coefficient (Wildman–Crippen LogP) is 3.96. The lowest BCUT2D eigenvalue weighted by molar-refractivity contribution is -0.0235. The molecule has 0 bridgehead atoms. The Bertz CT molecular complexity index is 273. The maximum Gasteiger partial charge on any atom is 0.0687 e. The van der Waals surface area contributed by atoms with E-state index in [4.69, 9.17) is 4.74 Å². The summed E-state index contributed by atoms with van der Waals surface area (Å²) in [6.45, 7) is 12.8. The summed E-state index contributed by atoms with van der Waals surface area (Å²) in [5, 5.41) is 0. The first kappa shape index (κ1) is 12.5. The molecule has 0 N–H and O–H groups in total.